The van der Waals surface area contributed by atoms with Gasteiger partial charge in [0.25, 0.3) is 11.6 Å². The van der Waals surface area contributed by atoms with Gasteiger partial charge in [-0.05, 0) is 35.4 Å². The van der Waals surface area contributed by atoms with E-state index in [9.17, 15) is 23.7 Å². The lowest BCUT2D eigenvalue weighted by Gasteiger charge is -2.34. The summed E-state index contributed by atoms with van der Waals surface area (Å²) >= 11 is 0. The molecule has 1 amide bonds. The van der Waals surface area contributed by atoms with E-state index in [1.165, 1.54) is 18.2 Å². The number of piperazine rings is 1. The van der Waals surface area contributed by atoms with Gasteiger partial charge in [-0.25, -0.2) is 8.78 Å². The highest BCUT2D eigenvalue weighted by Crippen LogP contribution is 2.30. The summed E-state index contributed by atoms with van der Waals surface area (Å²) in [4.78, 5) is 30.7. The number of amides is 1. The maximum Gasteiger partial charge on any atom is 0.276 e. The van der Waals surface area contributed by atoms with E-state index in [1.807, 2.05) is 6.20 Å². The summed E-state index contributed by atoms with van der Waals surface area (Å²) in [6.45, 7) is 3.00. The van der Waals surface area contributed by atoms with Gasteiger partial charge in [0, 0.05) is 79.1 Å². The summed E-state index contributed by atoms with van der Waals surface area (Å²) in [6.07, 6.45) is 1.89. The van der Waals surface area contributed by atoms with Crippen molar-refractivity contribution in [3.8, 4) is 22.5 Å². The van der Waals surface area contributed by atoms with E-state index in [0.717, 1.165) is 28.6 Å². The standard InChI is InChI=1S/C29H23F2N5O4/c30-21-5-8-26-24(13-21)20(16-32-26)17-34-9-11-35(12-10-34)29(37)27-15-28(40-33-27)19-3-1-18(2-4-19)23-14-22(36(38)39)6-7-25(23)31/h1-8,13-16,32H,9-12,17H2. The van der Waals surface area contributed by atoms with Gasteiger partial charge in [0.15, 0.2) is 11.5 Å². The molecule has 1 N–H and O–H groups in total. The molecule has 9 nitrogen and oxygen atoms in total. The number of nitrogens with zero attached hydrogens (tertiary/aromatic N) is 4. The van der Waals surface area contributed by atoms with E-state index >= 15 is 0 Å². The Kier molecular flexibility index (Phi) is 6.56. The molecule has 11 heteroatoms. The third-order valence-electron chi connectivity index (χ3n) is 7.15. The van der Waals surface area contributed by atoms with Crippen LogP contribution in [0.3, 0.4) is 0 Å². The molecule has 40 heavy (non-hydrogen) atoms. The predicted octanol–water partition coefficient (Wildman–Crippen LogP) is 5.63. The van der Waals surface area contributed by atoms with Crippen LogP contribution in [0.25, 0.3) is 33.4 Å². The van der Waals surface area contributed by atoms with Crippen LogP contribution in [0.4, 0.5) is 14.5 Å². The molecule has 0 bridgehead atoms. The van der Waals surface area contributed by atoms with Crippen molar-refractivity contribution in [3.63, 3.8) is 0 Å². The molecular formula is C29H23F2N5O4. The van der Waals surface area contributed by atoms with Gasteiger partial charge >= 0.3 is 0 Å². The van der Waals surface area contributed by atoms with Gasteiger partial charge in [-0.15, -0.1) is 0 Å². The highest BCUT2D eigenvalue weighted by molar-refractivity contribution is 5.93. The molecule has 202 valence electrons. The Morgan fingerprint density at radius 2 is 1.73 bits per heavy atom. The number of nitro benzene ring substituents is 1. The van der Waals surface area contributed by atoms with Gasteiger partial charge in [0.05, 0.1) is 4.92 Å². The van der Waals surface area contributed by atoms with Crippen molar-refractivity contribution in [3.05, 3.63) is 106 Å². The third-order valence-corrected chi connectivity index (χ3v) is 7.15. The molecule has 0 atom stereocenters. The van der Waals surface area contributed by atoms with E-state index in [0.29, 0.717) is 49.6 Å². The number of nitrogens with one attached hydrogen (secondary N) is 1. The Morgan fingerprint density at radius 1 is 0.975 bits per heavy atom. The predicted molar refractivity (Wildman–Crippen MR) is 143 cm³/mol. The van der Waals surface area contributed by atoms with Gasteiger partial charge < -0.3 is 14.4 Å². The minimum Gasteiger partial charge on any atom is -0.361 e. The van der Waals surface area contributed by atoms with Crippen molar-refractivity contribution in [2.75, 3.05) is 26.2 Å². The monoisotopic (exact) mass is 543 g/mol. The molecular weight excluding hydrogens is 520 g/mol. The van der Waals surface area contributed by atoms with Crippen LogP contribution in [0.1, 0.15) is 16.1 Å². The zero-order valence-electron chi connectivity index (χ0n) is 21.1. The van der Waals surface area contributed by atoms with Crippen LogP contribution >= 0.6 is 0 Å². The van der Waals surface area contributed by atoms with E-state index in [4.69, 9.17) is 4.52 Å². The van der Waals surface area contributed by atoms with Crippen molar-refractivity contribution in [2.45, 2.75) is 6.54 Å². The summed E-state index contributed by atoms with van der Waals surface area (Å²) in [5.41, 5.74) is 3.09. The molecule has 0 saturated carbocycles. The van der Waals surface area contributed by atoms with Crippen LogP contribution in [0.15, 0.2) is 77.4 Å². The Balaban J connectivity index is 1.09. The average molecular weight is 544 g/mol. The minimum absolute atomic E-state index is 0.116. The van der Waals surface area contributed by atoms with Crippen molar-refractivity contribution in [1.82, 2.24) is 19.9 Å². The number of aromatic nitrogens is 2. The van der Waals surface area contributed by atoms with Crippen molar-refractivity contribution >= 4 is 22.5 Å². The number of fused-ring (bicyclic) bond motifs is 1. The SMILES string of the molecule is O=C(c1cc(-c2ccc(-c3cc([N+](=O)[O-])ccc3F)cc2)on1)N1CCN(Cc2c[nH]c3ccc(F)cc23)CC1. The molecule has 5 aromatic rings. The van der Waals surface area contributed by atoms with Gasteiger partial charge in [0.2, 0.25) is 0 Å². The second-order valence-corrected chi connectivity index (χ2v) is 9.65. The van der Waals surface area contributed by atoms with Crippen LogP contribution in [-0.2, 0) is 6.54 Å². The first kappa shape index (κ1) is 25.4. The number of carbonyl (C=O) groups is 1. The molecule has 1 fully saturated rings. The summed E-state index contributed by atoms with van der Waals surface area (Å²) in [5, 5.41) is 15.9. The summed E-state index contributed by atoms with van der Waals surface area (Å²) in [7, 11) is 0. The lowest BCUT2D eigenvalue weighted by Crippen LogP contribution is -2.48. The molecule has 0 aliphatic carbocycles. The van der Waals surface area contributed by atoms with E-state index in [-0.39, 0.29) is 28.7 Å². The molecule has 2 aromatic heterocycles. The smallest absolute Gasteiger partial charge is 0.276 e. The van der Waals surface area contributed by atoms with E-state index in [2.05, 4.69) is 15.0 Å². The highest BCUT2D eigenvalue weighted by Gasteiger charge is 2.25. The summed E-state index contributed by atoms with van der Waals surface area (Å²) < 4.78 is 33.4. The third kappa shape index (κ3) is 4.94. The maximum atomic E-state index is 14.3. The van der Waals surface area contributed by atoms with E-state index < -0.39 is 10.7 Å². The van der Waals surface area contributed by atoms with Gasteiger partial charge in [-0.2, -0.15) is 0 Å². The quantitative estimate of drug-likeness (QED) is 0.220. The van der Waals surface area contributed by atoms with Gasteiger partial charge in [0.1, 0.15) is 11.6 Å². The number of aromatic amines is 1. The number of rotatable bonds is 6. The first-order chi connectivity index (χ1) is 19.4. The number of carbonyl (C=O) groups excluding carboxylic acids is 1. The molecule has 1 aliphatic rings. The number of nitro groups is 1. The number of hydrogen-bond acceptors (Lipinski definition) is 6. The normalized spacial score (nSPS) is 14.1. The molecule has 3 heterocycles. The van der Waals surface area contributed by atoms with Crippen molar-refractivity contribution in [1.29, 1.82) is 0 Å². The Hall–Kier alpha value is -4.90. The van der Waals surface area contributed by atoms with Crippen LogP contribution in [0, 0.1) is 21.7 Å². The molecule has 0 radical (unpaired) electrons. The van der Waals surface area contributed by atoms with Gasteiger partial charge in [-0.3, -0.25) is 19.8 Å². The average Bonchev–Trinajstić information content (AvgIpc) is 3.61. The molecule has 0 unspecified atom stereocenters. The van der Waals surface area contributed by atoms with Crippen LogP contribution in [0.2, 0.25) is 0 Å². The zero-order chi connectivity index (χ0) is 27.8. The Labute approximate surface area is 226 Å². The van der Waals surface area contributed by atoms with Crippen LogP contribution in [-0.4, -0.2) is 56.9 Å². The van der Waals surface area contributed by atoms with Crippen LogP contribution < -0.4 is 0 Å². The van der Waals surface area contributed by atoms with Crippen molar-refractivity contribution in [2.24, 2.45) is 0 Å². The number of H-pyrrole nitrogens is 1. The lowest BCUT2D eigenvalue weighted by atomic mass is 10.0. The minimum atomic E-state index is -0.573. The van der Waals surface area contributed by atoms with E-state index in [1.54, 1.807) is 41.3 Å². The number of hydrogen-bond donors (Lipinski definition) is 1. The molecule has 1 saturated heterocycles. The molecule has 0 spiro atoms. The first-order valence-electron chi connectivity index (χ1n) is 12.6. The second kappa shape index (κ2) is 10.3. The number of halogens is 2. The second-order valence-electron chi connectivity index (χ2n) is 9.65. The Bertz CT molecular complexity index is 1720. The number of non-ortho nitro benzene ring substituents is 1. The fourth-order valence-corrected chi connectivity index (χ4v) is 4.97. The molecule has 6 rings (SSSR count). The van der Waals surface area contributed by atoms with Crippen LogP contribution in [0.5, 0.6) is 0 Å². The zero-order valence-corrected chi connectivity index (χ0v) is 21.1. The fraction of sp³-hybridized carbons (Fsp3) is 0.172. The number of benzene rings is 3. The largest absolute Gasteiger partial charge is 0.361 e. The summed E-state index contributed by atoms with van der Waals surface area (Å²) in [6, 6.07) is 16.2. The summed E-state index contributed by atoms with van der Waals surface area (Å²) in [5.74, 6) is -0.705. The van der Waals surface area contributed by atoms with Crippen molar-refractivity contribution < 1.29 is 23.0 Å². The highest BCUT2D eigenvalue weighted by atomic mass is 19.1. The first-order valence-corrected chi connectivity index (χ1v) is 12.6. The Morgan fingerprint density at radius 3 is 2.48 bits per heavy atom. The molecule has 1 aliphatic heterocycles. The van der Waals surface area contributed by atoms with Gasteiger partial charge in [-0.1, -0.05) is 29.4 Å². The lowest BCUT2D eigenvalue weighted by molar-refractivity contribution is -0.384. The fourth-order valence-electron chi connectivity index (χ4n) is 4.97. The molecule has 3 aromatic carbocycles. The topological polar surface area (TPSA) is 109 Å². The maximum absolute atomic E-state index is 14.3.